The van der Waals surface area contributed by atoms with Gasteiger partial charge in [0, 0.05) is 0 Å². The molecule has 0 amide bonds. The molecule has 2 radical (unpaired) electrons. The second-order valence-electron chi connectivity index (χ2n) is 7.44. The fourth-order valence-electron chi connectivity index (χ4n) is 3.37. The molecule has 0 bridgehead atoms. The summed E-state index contributed by atoms with van der Waals surface area (Å²) in [6.07, 6.45) is 29.6. The molecule has 0 saturated heterocycles. The summed E-state index contributed by atoms with van der Waals surface area (Å²) < 4.78 is 1.42. The fourth-order valence-corrected chi connectivity index (χ4v) is 4.01. The standard InChI is InChI=1S/C22H45.Sb/c1-3-5-7-9-11-13-15-17-19-21-22-20-18-16-14-12-10-8-6-4-2;/h1,3-22H2,2H3;. The quantitative estimate of drug-likeness (QED) is 0.134. The molecule has 23 heavy (non-hydrogen) atoms. The van der Waals surface area contributed by atoms with Crippen molar-refractivity contribution in [3.63, 3.8) is 0 Å². The molecule has 0 unspecified atom stereocenters. The van der Waals surface area contributed by atoms with E-state index in [9.17, 15) is 0 Å². The van der Waals surface area contributed by atoms with Gasteiger partial charge in [0.25, 0.3) is 0 Å². The minimum absolute atomic E-state index is 1.37. The first-order chi connectivity index (χ1) is 11.4. The molecule has 0 atom stereocenters. The van der Waals surface area contributed by atoms with E-state index in [1.807, 2.05) is 23.0 Å². The van der Waals surface area contributed by atoms with E-state index in [1.165, 1.54) is 133 Å². The van der Waals surface area contributed by atoms with E-state index in [-0.39, 0.29) is 0 Å². The molecule has 0 heterocycles. The first-order valence-electron chi connectivity index (χ1n) is 11.0. The van der Waals surface area contributed by atoms with Crippen LogP contribution in [0.1, 0.15) is 135 Å². The molecule has 0 nitrogen and oxygen atoms in total. The number of rotatable bonds is 20. The van der Waals surface area contributed by atoms with Crippen molar-refractivity contribution >= 4 is 23.0 Å². The summed E-state index contributed by atoms with van der Waals surface area (Å²) in [6.45, 7) is 2.30. The van der Waals surface area contributed by atoms with Crippen molar-refractivity contribution in [3.8, 4) is 0 Å². The Kier molecular flexibility index (Phi) is 23.6. The Labute approximate surface area is 162 Å². The molecule has 0 aliphatic carbocycles. The van der Waals surface area contributed by atoms with Gasteiger partial charge in [0.2, 0.25) is 0 Å². The van der Waals surface area contributed by atoms with Crippen molar-refractivity contribution in [2.45, 2.75) is 140 Å². The molecule has 0 spiro atoms. The number of unbranched alkanes of at least 4 members (excludes halogenated alkanes) is 19. The van der Waals surface area contributed by atoms with Gasteiger partial charge in [0.15, 0.2) is 0 Å². The Morgan fingerprint density at radius 2 is 0.565 bits per heavy atom. The third-order valence-corrected chi connectivity index (χ3v) is 5.91. The molecule has 0 rings (SSSR count). The summed E-state index contributed by atoms with van der Waals surface area (Å²) in [5.41, 5.74) is 0. The van der Waals surface area contributed by atoms with Gasteiger partial charge in [-0.05, 0) is 0 Å². The van der Waals surface area contributed by atoms with E-state index in [0.717, 1.165) is 0 Å². The average Bonchev–Trinajstić information content (AvgIpc) is 2.57. The van der Waals surface area contributed by atoms with Crippen molar-refractivity contribution in [2.75, 3.05) is 0 Å². The van der Waals surface area contributed by atoms with Crippen LogP contribution in [0.5, 0.6) is 0 Å². The summed E-state index contributed by atoms with van der Waals surface area (Å²) in [6, 6.07) is 0. The van der Waals surface area contributed by atoms with Crippen LogP contribution >= 0.6 is 0 Å². The van der Waals surface area contributed by atoms with Crippen LogP contribution in [0, 0.1) is 0 Å². The Hall–Kier alpha value is 0.818. The monoisotopic (exact) mass is 430 g/mol. The second-order valence-corrected chi connectivity index (χ2v) is 8.72. The van der Waals surface area contributed by atoms with E-state index in [2.05, 4.69) is 6.92 Å². The maximum absolute atomic E-state index is 2.30. The van der Waals surface area contributed by atoms with Crippen LogP contribution in [-0.4, -0.2) is 23.0 Å². The molecule has 0 fully saturated rings. The third-order valence-electron chi connectivity index (χ3n) is 5.01. The molecule has 0 N–H and O–H groups in total. The fraction of sp³-hybridized carbons (Fsp3) is 1.00. The van der Waals surface area contributed by atoms with Crippen LogP contribution < -0.4 is 0 Å². The van der Waals surface area contributed by atoms with Crippen molar-refractivity contribution in [2.24, 2.45) is 0 Å². The third kappa shape index (κ3) is 22.8. The molecule has 0 aromatic heterocycles. The van der Waals surface area contributed by atoms with E-state index in [1.54, 1.807) is 0 Å². The number of hydrogen-bond donors (Lipinski definition) is 0. The van der Waals surface area contributed by atoms with Crippen LogP contribution in [0.4, 0.5) is 0 Å². The first-order valence-corrected chi connectivity index (χ1v) is 12.8. The molecular formula is C22H45Sb. The molecule has 0 aromatic rings. The van der Waals surface area contributed by atoms with Crippen molar-refractivity contribution in [3.05, 3.63) is 0 Å². The first kappa shape index (κ1) is 23.8. The molecule has 0 saturated carbocycles. The van der Waals surface area contributed by atoms with Gasteiger partial charge < -0.3 is 0 Å². The maximum atomic E-state index is 2.30. The molecule has 1 heteroatoms. The van der Waals surface area contributed by atoms with E-state index in [0.29, 0.717) is 0 Å². The predicted molar refractivity (Wildman–Crippen MR) is 109 cm³/mol. The Morgan fingerprint density at radius 1 is 0.348 bits per heavy atom. The summed E-state index contributed by atoms with van der Waals surface area (Å²) in [7, 11) is 0. The minimum atomic E-state index is 1.37. The molecular weight excluding hydrogens is 386 g/mol. The number of hydrogen-bond acceptors (Lipinski definition) is 0. The normalized spacial score (nSPS) is 11.2. The molecule has 0 aliphatic rings. The molecule has 138 valence electrons. The summed E-state index contributed by atoms with van der Waals surface area (Å²) >= 11 is 1.98. The van der Waals surface area contributed by atoms with Gasteiger partial charge in [0.1, 0.15) is 0 Å². The van der Waals surface area contributed by atoms with Gasteiger partial charge in [0.05, 0.1) is 0 Å². The SMILES string of the molecule is CCCCCCCCCCCCCCCCCCCCC[CH2][Sb]. The molecule has 0 aromatic carbocycles. The van der Waals surface area contributed by atoms with E-state index >= 15 is 0 Å². The zero-order valence-corrected chi connectivity index (χ0v) is 18.8. The predicted octanol–water partition coefficient (Wildman–Crippen LogP) is 8.40. The Morgan fingerprint density at radius 3 is 0.783 bits per heavy atom. The summed E-state index contributed by atoms with van der Waals surface area (Å²) in [5, 5.41) is 0. The topological polar surface area (TPSA) is 0 Å². The van der Waals surface area contributed by atoms with Crippen LogP contribution in [-0.2, 0) is 0 Å². The second kappa shape index (κ2) is 22.8. The van der Waals surface area contributed by atoms with Gasteiger partial charge >= 0.3 is 98.0 Å². The average molecular weight is 431 g/mol. The Bertz CT molecular complexity index is 170. The summed E-state index contributed by atoms with van der Waals surface area (Å²) in [5.74, 6) is 0. The van der Waals surface area contributed by atoms with Crippen molar-refractivity contribution in [1.82, 2.24) is 0 Å². The van der Waals surface area contributed by atoms with Gasteiger partial charge in [-0.1, -0.05) is 64.7 Å². The van der Waals surface area contributed by atoms with E-state index in [4.69, 9.17) is 0 Å². The van der Waals surface area contributed by atoms with Gasteiger partial charge in [-0.25, -0.2) is 0 Å². The van der Waals surface area contributed by atoms with Gasteiger partial charge in [-0.15, -0.1) is 0 Å². The Balaban J connectivity index is 2.92. The van der Waals surface area contributed by atoms with E-state index < -0.39 is 0 Å². The zero-order chi connectivity index (χ0) is 16.8. The van der Waals surface area contributed by atoms with Crippen LogP contribution in [0.25, 0.3) is 0 Å². The van der Waals surface area contributed by atoms with Crippen LogP contribution in [0.3, 0.4) is 0 Å². The van der Waals surface area contributed by atoms with Gasteiger partial charge in [-0.2, -0.15) is 0 Å². The van der Waals surface area contributed by atoms with Crippen molar-refractivity contribution in [1.29, 1.82) is 0 Å². The van der Waals surface area contributed by atoms with Crippen LogP contribution in [0.2, 0.25) is 4.37 Å². The zero-order valence-electron chi connectivity index (χ0n) is 16.3. The molecule has 0 aliphatic heterocycles. The summed E-state index contributed by atoms with van der Waals surface area (Å²) in [4.78, 5) is 0. The van der Waals surface area contributed by atoms with Crippen molar-refractivity contribution < 1.29 is 0 Å². The van der Waals surface area contributed by atoms with Gasteiger partial charge in [-0.3, -0.25) is 0 Å². The van der Waals surface area contributed by atoms with Crippen LogP contribution in [0.15, 0.2) is 0 Å².